The molecule has 9 heteroatoms. The summed E-state index contributed by atoms with van der Waals surface area (Å²) in [5, 5.41) is 6.61. The van der Waals surface area contributed by atoms with Gasteiger partial charge in [0.1, 0.15) is 11.4 Å². The summed E-state index contributed by atoms with van der Waals surface area (Å²) in [7, 11) is 0. The Morgan fingerprint density at radius 2 is 1.67 bits per heavy atom. The van der Waals surface area contributed by atoms with Crippen LogP contribution in [0.15, 0.2) is 24.3 Å². The van der Waals surface area contributed by atoms with E-state index < -0.39 is 11.5 Å². The third-order valence-corrected chi connectivity index (χ3v) is 6.58. The molecule has 30 heavy (non-hydrogen) atoms. The molecule has 1 aliphatic heterocycles. The highest BCUT2D eigenvalue weighted by Crippen LogP contribution is 2.41. The van der Waals surface area contributed by atoms with Crippen molar-refractivity contribution in [1.29, 1.82) is 0 Å². The molecule has 3 rings (SSSR count). The van der Waals surface area contributed by atoms with Gasteiger partial charge in [-0.1, -0.05) is 11.6 Å². The number of nitrogens with one attached hydrogen (secondary N) is 2. The third kappa shape index (κ3) is 5.76. The molecule has 2 amide bonds. The first-order chi connectivity index (χ1) is 14.2. The van der Waals surface area contributed by atoms with Crippen LogP contribution in [-0.4, -0.2) is 53.7 Å². The van der Waals surface area contributed by atoms with Crippen LogP contribution in [0.4, 0.5) is 14.5 Å². The molecule has 2 N–H and O–H groups in total. The fraction of sp³-hybridized carbons (Fsp3) is 0.619. The van der Waals surface area contributed by atoms with Crippen molar-refractivity contribution in [3.63, 3.8) is 0 Å². The number of nitrogens with zero attached hydrogens (tertiary/aromatic N) is 1. The summed E-state index contributed by atoms with van der Waals surface area (Å²) in [6.07, 6.45) is 1.02. The van der Waals surface area contributed by atoms with Gasteiger partial charge in [-0.15, -0.1) is 11.6 Å². The molecule has 1 heterocycles. The zero-order chi connectivity index (χ0) is 21.8. The Morgan fingerprint density at radius 3 is 2.23 bits per heavy atom. The smallest absolute Gasteiger partial charge is 0.248 e. The molecule has 1 saturated carbocycles. The minimum Gasteiger partial charge on any atom is -0.371 e. The standard InChI is InChI=1S/C21H27Cl2F2N3O2/c22-13-18(29)26-14-15-5-11-28(12-6-15)19(30)20(7-9-21(24,25)10-8-20)27-17-3-1-16(23)2-4-17/h1-4,15,27H,5-14H2,(H,26,29). The molecule has 0 spiro atoms. The average Bonchev–Trinajstić information content (AvgIpc) is 2.75. The number of likely N-dealkylation sites (tertiary alicyclic amines) is 1. The van der Waals surface area contributed by atoms with Crippen LogP contribution in [0.5, 0.6) is 0 Å². The van der Waals surface area contributed by atoms with E-state index >= 15 is 0 Å². The van der Waals surface area contributed by atoms with Crippen molar-refractivity contribution in [2.45, 2.75) is 50.0 Å². The van der Waals surface area contributed by atoms with Gasteiger partial charge in [-0.2, -0.15) is 0 Å². The number of amides is 2. The van der Waals surface area contributed by atoms with Crippen LogP contribution >= 0.6 is 23.2 Å². The van der Waals surface area contributed by atoms with Gasteiger partial charge >= 0.3 is 0 Å². The maximum absolute atomic E-state index is 13.9. The summed E-state index contributed by atoms with van der Waals surface area (Å²) in [5.41, 5.74) is -0.355. The molecule has 1 aliphatic carbocycles. The van der Waals surface area contributed by atoms with Crippen LogP contribution in [0.25, 0.3) is 0 Å². The van der Waals surface area contributed by atoms with E-state index in [1.807, 2.05) is 0 Å². The minimum atomic E-state index is -2.74. The van der Waals surface area contributed by atoms with E-state index in [-0.39, 0.29) is 49.3 Å². The lowest BCUT2D eigenvalue weighted by atomic mass is 9.78. The van der Waals surface area contributed by atoms with Gasteiger partial charge in [-0.05, 0) is 55.9 Å². The van der Waals surface area contributed by atoms with Gasteiger partial charge in [0.05, 0.1) is 0 Å². The highest BCUT2D eigenvalue weighted by Gasteiger charge is 2.49. The quantitative estimate of drug-likeness (QED) is 0.620. The van der Waals surface area contributed by atoms with E-state index in [0.717, 1.165) is 12.8 Å². The highest BCUT2D eigenvalue weighted by molar-refractivity contribution is 6.30. The van der Waals surface area contributed by atoms with E-state index in [1.54, 1.807) is 29.2 Å². The predicted molar refractivity (Wildman–Crippen MR) is 114 cm³/mol. The average molecular weight is 462 g/mol. The molecule has 0 bridgehead atoms. The number of alkyl halides is 3. The van der Waals surface area contributed by atoms with E-state index in [0.29, 0.717) is 30.3 Å². The molecule has 5 nitrogen and oxygen atoms in total. The lowest BCUT2D eigenvalue weighted by molar-refractivity contribution is -0.142. The van der Waals surface area contributed by atoms with Crippen molar-refractivity contribution < 1.29 is 18.4 Å². The molecule has 2 fully saturated rings. The zero-order valence-corrected chi connectivity index (χ0v) is 18.2. The van der Waals surface area contributed by atoms with Crippen LogP contribution in [0.3, 0.4) is 0 Å². The molecule has 0 aromatic heterocycles. The Hall–Kier alpha value is -1.60. The van der Waals surface area contributed by atoms with E-state index in [2.05, 4.69) is 10.6 Å². The molecule has 0 radical (unpaired) electrons. The van der Waals surface area contributed by atoms with E-state index in [9.17, 15) is 18.4 Å². The molecule has 1 aromatic rings. The first-order valence-corrected chi connectivity index (χ1v) is 11.2. The summed E-state index contributed by atoms with van der Waals surface area (Å²) in [6, 6.07) is 6.94. The molecule has 166 valence electrons. The lowest BCUT2D eigenvalue weighted by Gasteiger charge is -2.44. The molecule has 1 aromatic carbocycles. The van der Waals surface area contributed by atoms with Crippen molar-refractivity contribution in [2.75, 3.05) is 30.8 Å². The number of hydrogen-bond donors (Lipinski definition) is 2. The SMILES string of the molecule is O=C(CCl)NCC1CCN(C(=O)C2(Nc3ccc(Cl)cc3)CCC(F)(F)CC2)CC1. The van der Waals surface area contributed by atoms with Crippen molar-refractivity contribution in [3.8, 4) is 0 Å². The Kier molecular flexibility index (Phi) is 7.45. The second-order valence-electron chi connectivity index (χ2n) is 8.24. The van der Waals surface area contributed by atoms with Crippen molar-refractivity contribution >= 4 is 40.7 Å². The summed E-state index contributed by atoms with van der Waals surface area (Å²) < 4.78 is 27.7. The number of carbonyl (C=O) groups excluding carboxylic acids is 2. The minimum absolute atomic E-state index is 0.0686. The van der Waals surface area contributed by atoms with Crippen LogP contribution in [-0.2, 0) is 9.59 Å². The topological polar surface area (TPSA) is 61.4 Å². The van der Waals surface area contributed by atoms with Crippen LogP contribution in [0.2, 0.25) is 5.02 Å². The summed E-state index contributed by atoms with van der Waals surface area (Å²) >= 11 is 11.4. The molecular formula is C21H27Cl2F2N3O2. The fourth-order valence-corrected chi connectivity index (χ4v) is 4.41. The molecular weight excluding hydrogens is 435 g/mol. The molecule has 0 atom stereocenters. The number of hydrogen-bond acceptors (Lipinski definition) is 3. The predicted octanol–water partition coefficient (Wildman–Crippen LogP) is 4.29. The number of anilines is 1. The van der Waals surface area contributed by atoms with Gasteiger partial charge in [0.15, 0.2) is 0 Å². The van der Waals surface area contributed by atoms with Crippen molar-refractivity contribution in [1.82, 2.24) is 10.2 Å². The first-order valence-electron chi connectivity index (χ1n) is 10.3. The van der Waals surface area contributed by atoms with Gasteiger partial charge in [-0.25, -0.2) is 8.78 Å². The molecule has 1 saturated heterocycles. The number of rotatable bonds is 6. The summed E-state index contributed by atoms with van der Waals surface area (Å²) in [5.74, 6) is -2.86. The normalized spacial score (nSPS) is 21.1. The zero-order valence-electron chi connectivity index (χ0n) is 16.7. The van der Waals surface area contributed by atoms with Crippen LogP contribution in [0, 0.1) is 5.92 Å². The van der Waals surface area contributed by atoms with Crippen LogP contribution < -0.4 is 10.6 Å². The molecule has 2 aliphatic rings. The Balaban J connectivity index is 1.67. The van der Waals surface area contributed by atoms with Crippen LogP contribution in [0.1, 0.15) is 38.5 Å². The van der Waals surface area contributed by atoms with Gasteiger partial charge in [0.25, 0.3) is 0 Å². The molecule has 0 unspecified atom stereocenters. The lowest BCUT2D eigenvalue weighted by Crippen LogP contribution is -2.58. The monoisotopic (exact) mass is 461 g/mol. The highest BCUT2D eigenvalue weighted by atomic mass is 35.5. The van der Waals surface area contributed by atoms with E-state index in [1.165, 1.54) is 0 Å². The van der Waals surface area contributed by atoms with Gasteiger partial charge < -0.3 is 15.5 Å². The van der Waals surface area contributed by atoms with Gasteiger partial charge in [0, 0.05) is 43.2 Å². The second-order valence-corrected chi connectivity index (χ2v) is 8.95. The second kappa shape index (κ2) is 9.69. The largest absolute Gasteiger partial charge is 0.371 e. The number of piperidine rings is 1. The number of carbonyl (C=O) groups is 2. The Labute approximate surface area is 185 Å². The number of benzene rings is 1. The summed E-state index contributed by atoms with van der Waals surface area (Å²) in [6.45, 7) is 1.62. The Morgan fingerprint density at radius 1 is 1.07 bits per heavy atom. The van der Waals surface area contributed by atoms with Gasteiger partial charge in [-0.3, -0.25) is 9.59 Å². The first kappa shape index (κ1) is 23.1. The van der Waals surface area contributed by atoms with Crippen molar-refractivity contribution in [3.05, 3.63) is 29.3 Å². The summed E-state index contributed by atoms with van der Waals surface area (Å²) in [4.78, 5) is 26.6. The van der Waals surface area contributed by atoms with E-state index in [4.69, 9.17) is 23.2 Å². The fourth-order valence-electron chi connectivity index (χ4n) is 4.19. The third-order valence-electron chi connectivity index (χ3n) is 6.08. The number of halogens is 4. The Bertz CT molecular complexity index is 743. The van der Waals surface area contributed by atoms with Gasteiger partial charge in [0.2, 0.25) is 17.7 Å². The maximum Gasteiger partial charge on any atom is 0.248 e. The maximum atomic E-state index is 13.9. The van der Waals surface area contributed by atoms with Crippen molar-refractivity contribution in [2.24, 2.45) is 5.92 Å².